The van der Waals surface area contributed by atoms with Gasteiger partial charge in [0.1, 0.15) is 5.82 Å². The summed E-state index contributed by atoms with van der Waals surface area (Å²) in [6, 6.07) is 12.5. The summed E-state index contributed by atoms with van der Waals surface area (Å²) in [5, 5.41) is 2.65. The third kappa shape index (κ3) is 3.66. The molecule has 27 heavy (non-hydrogen) atoms. The number of nitrogens with one attached hydrogen (secondary N) is 1. The van der Waals surface area contributed by atoms with Gasteiger partial charge in [0.15, 0.2) is 0 Å². The highest BCUT2D eigenvalue weighted by Crippen LogP contribution is 2.47. The Balaban J connectivity index is 2.30. The van der Waals surface area contributed by atoms with E-state index in [1.807, 2.05) is 25.1 Å². The number of hydrogen-bond donors (Lipinski definition) is 1. The highest BCUT2D eigenvalue weighted by Gasteiger charge is 2.49. The molecule has 0 aliphatic carbocycles. The fourth-order valence-electron chi connectivity index (χ4n) is 3.83. The number of carbonyl (C=O) groups excluding carboxylic acids is 1. The molecule has 2 aromatic carbocycles. The van der Waals surface area contributed by atoms with Crippen LogP contribution >= 0.6 is 0 Å². The van der Waals surface area contributed by atoms with Gasteiger partial charge in [-0.05, 0) is 30.2 Å². The molecule has 3 nitrogen and oxygen atoms in total. The third-order valence-corrected chi connectivity index (χ3v) is 4.95. The fourth-order valence-corrected chi connectivity index (χ4v) is 3.83. The van der Waals surface area contributed by atoms with Gasteiger partial charge in [-0.3, -0.25) is 0 Å². The van der Waals surface area contributed by atoms with Gasteiger partial charge in [0.25, 0.3) is 5.92 Å². The number of alkyl halides is 2. The van der Waals surface area contributed by atoms with Gasteiger partial charge in [-0.25, -0.2) is 18.0 Å². The molecule has 0 saturated heterocycles. The molecule has 0 radical (unpaired) electrons. The zero-order valence-electron chi connectivity index (χ0n) is 15.4. The first-order chi connectivity index (χ1) is 12.8. The lowest BCUT2D eigenvalue weighted by atomic mass is 9.75. The molecule has 1 aliphatic heterocycles. The molecule has 2 amide bonds. The van der Waals surface area contributed by atoms with Crippen LogP contribution in [-0.2, 0) is 5.54 Å². The predicted octanol–water partition coefficient (Wildman–Crippen LogP) is 5.76. The van der Waals surface area contributed by atoms with Crippen molar-refractivity contribution in [3.05, 3.63) is 65.5 Å². The summed E-state index contributed by atoms with van der Waals surface area (Å²) < 4.78 is 42.2. The summed E-state index contributed by atoms with van der Waals surface area (Å²) in [4.78, 5) is 14.0. The van der Waals surface area contributed by atoms with Crippen molar-refractivity contribution in [2.75, 3.05) is 11.9 Å². The molecular formula is C21H23F3N2O. The Hall–Kier alpha value is -2.50. The first-order valence-electron chi connectivity index (χ1n) is 9.10. The Morgan fingerprint density at radius 2 is 1.85 bits per heavy atom. The molecule has 0 aromatic heterocycles. The average molecular weight is 376 g/mol. The second-order valence-electron chi connectivity index (χ2n) is 7.11. The summed E-state index contributed by atoms with van der Waals surface area (Å²) in [5.41, 5.74) is 0.503. The molecule has 0 spiro atoms. The Morgan fingerprint density at radius 1 is 1.15 bits per heavy atom. The standard InChI is InChI=1S/C21H23F3N2O/c1-3-4-12-21(15-8-6-5-7-9-15)17-13-16(22)10-11-18(17)25-19(27)26(21)14-20(2,23)24/h5-11,13H,3-4,12,14H2,1-2H3,(H,25,27). The molecule has 0 fully saturated rings. The quantitative estimate of drug-likeness (QED) is 0.683. The minimum atomic E-state index is -3.09. The van der Waals surface area contributed by atoms with Crippen LogP contribution in [0, 0.1) is 5.82 Å². The molecule has 1 atom stereocenters. The van der Waals surface area contributed by atoms with E-state index in [-0.39, 0.29) is 0 Å². The van der Waals surface area contributed by atoms with Gasteiger partial charge < -0.3 is 10.2 Å². The maximum Gasteiger partial charge on any atom is 0.323 e. The summed E-state index contributed by atoms with van der Waals surface area (Å²) in [7, 11) is 0. The maximum atomic E-state index is 14.2. The Labute approximate surface area is 157 Å². The number of unbranched alkanes of at least 4 members (excludes halogenated alkanes) is 1. The Morgan fingerprint density at radius 3 is 2.48 bits per heavy atom. The van der Waals surface area contributed by atoms with Crippen molar-refractivity contribution >= 4 is 11.7 Å². The van der Waals surface area contributed by atoms with Crippen molar-refractivity contribution in [3.8, 4) is 0 Å². The zero-order valence-corrected chi connectivity index (χ0v) is 15.4. The highest BCUT2D eigenvalue weighted by molar-refractivity contribution is 5.94. The van der Waals surface area contributed by atoms with Crippen LogP contribution in [0.5, 0.6) is 0 Å². The first kappa shape index (κ1) is 19.3. The summed E-state index contributed by atoms with van der Waals surface area (Å²) in [6.07, 6.45) is 1.94. The van der Waals surface area contributed by atoms with E-state index in [4.69, 9.17) is 0 Å². The van der Waals surface area contributed by atoms with E-state index in [1.54, 1.807) is 12.1 Å². The summed E-state index contributed by atoms with van der Waals surface area (Å²) in [6.45, 7) is 2.02. The van der Waals surface area contributed by atoms with Crippen molar-refractivity contribution in [2.45, 2.75) is 44.6 Å². The van der Waals surface area contributed by atoms with Crippen LogP contribution < -0.4 is 5.32 Å². The lowest BCUT2D eigenvalue weighted by molar-refractivity contribution is -0.0266. The van der Waals surface area contributed by atoms with E-state index in [1.165, 1.54) is 23.1 Å². The molecule has 1 N–H and O–H groups in total. The SMILES string of the molecule is CCCCC1(c2ccccc2)c2cc(F)ccc2NC(=O)N1CC(C)(F)F. The number of fused-ring (bicyclic) bond motifs is 1. The van der Waals surface area contributed by atoms with Crippen LogP contribution in [0.3, 0.4) is 0 Å². The topological polar surface area (TPSA) is 32.3 Å². The lowest BCUT2D eigenvalue weighted by Crippen LogP contribution is -2.58. The third-order valence-electron chi connectivity index (χ3n) is 4.95. The van der Waals surface area contributed by atoms with Crippen molar-refractivity contribution in [1.29, 1.82) is 0 Å². The van der Waals surface area contributed by atoms with E-state index in [2.05, 4.69) is 5.32 Å². The van der Waals surface area contributed by atoms with Gasteiger partial charge in [0.05, 0.1) is 12.1 Å². The number of amides is 2. The number of anilines is 1. The van der Waals surface area contributed by atoms with Crippen LogP contribution in [0.25, 0.3) is 0 Å². The van der Waals surface area contributed by atoms with Crippen LogP contribution in [0.2, 0.25) is 0 Å². The van der Waals surface area contributed by atoms with E-state index < -0.39 is 29.9 Å². The molecule has 2 aromatic rings. The number of carbonyl (C=O) groups is 1. The first-order valence-corrected chi connectivity index (χ1v) is 9.10. The van der Waals surface area contributed by atoms with Gasteiger partial charge in [0.2, 0.25) is 0 Å². The lowest BCUT2D eigenvalue weighted by Gasteiger charge is -2.49. The number of hydrogen-bond acceptors (Lipinski definition) is 1. The normalized spacial score (nSPS) is 19.6. The maximum absolute atomic E-state index is 14.2. The van der Waals surface area contributed by atoms with Gasteiger partial charge in [-0.1, -0.05) is 50.1 Å². The Bertz CT molecular complexity index is 820. The van der Waals surface area contributed by atoms with Crippen molar-refractivity contribution in [1.82, 2.24) is 4.90 Å². The molecule has 0 bridgehead atoms. The molecule has 1 heterocycles. The van der Waals surface area contributed by atoms with E-state index in [0.717, 1.165) is 13.3 Å². The van der Waals surface area contributed by atoms with Gasteiger partial charge in [-0.15, -0.1) is 0 Å². The number of nitrogens with zero attached hydrogens (tertiary/aromatic N) is 1. The van der Waals surface area contributed by atoms with Crippen molar-refractivity contribution in [2.24, 2.45) is 0 Å². The van der Waals surface area contributed by atoms with Crippen molar-refractivity contribution < 1.29 is 18.0 Å². The number of rotatable bonds is 6. The van der Waals surface area contributed by atoms with Crippen LogP contribution in [0.1, 0.15) is 44.2 Å². The van der Waals surface area contributed by atoms with Crippen LogP contribution in [-0.4, -0.2) is 23.4 Å². The van der Waals surface area contributed by atoms with Gasteiger partial charge in [0, 0.05) is 18.2 Å². The number of urea groups is 1. The predicted molar refractivity (Wildman–Crippen MR) is 99.5 cm³/mol. The zero-order chi connectivity index (χ0) is 19.7. The summed E-state index contributed by atoms with van der Waals surface area (Å²) >= 11 is 0. The van der Waals surface area contributed by atoms with E-state index in [0.29, 0.717) is 29.7 Å². The highest BCUT2D eigenvalue weighted by atomic mass is 19.3. The molecule has 1 unspecified atom stereocenters. The molecular weight excluding hydrogens is 353 g/mol. The fraction of sp³-hybridized carbons (Fsp3) is 0.381. The average Bonchev–Trinajstić information content (AvgIpc) is 2.62. The number of halogens is 3. The minimum absolute atomic E-state index is 0.424. The minimum Gasteiger partial charge on any atom is -0.307 e. The largest absolute Gasteiger partial charge is 0.323 e. The van der Waals surface area contributed by atoms with Crippen LogP contribution in [0.4, 0.5) is 23.7 Å². The monoisotopic (exact) mass is 376 g/mol. The molecule has 0 saturated carbocycles. The summed E-state index contributed by atoms with van der Waals surface area (Å²) in [5.74, 6) is -3.56. The smallest absolute Gasteiger partial charge is 0.307 e. The van der Waals surface area contributed by atoms with Crippen LogP contribution in [0.15, 0.2) is 48.5 Å². The molecule has 3 rings (SSSR count). The molecule has 1 aliphatic rings. The van der Waals surface area contributed by atoms with Gasteiger partial charge >= 0.3 is 6.03 Å². The molecule has 144 valence electrons. The second-order valence-corrected chi connectivity index (χ2v) is 7.11. The second kappa shape index (κ2) is 7.25. The van der Waals surface area contributed by atoms with E-state index >= 15 is 0 Å². The van der Waals surface area contributed by atoms with Crippen molar-refractivity contribution in [3.63, 3.8) is 0 Å². The number of benzene rings is 2. The molecule has 6 heteroatoms. The Kier molecular flexibility index (Phi) is 5.18. The van der Waals surface area contributed by atoms with E-state index in [9.17, 15) is 18.0 Å². The van der Waals surface area contributed by atoms with Gasteiger partial charge in [-0.2, -0.15) is 0 Å².